The normalized spacial score (nSPS) is 10.7. The third-order valence-electron chi connectivity index (χ3n) is 3.19. The van der Waals surface area contributed by atoms with Crippen LogP contribution in [0, 0.1) is 6.92 Å². The molecule has 0 spiro atoms. The number of ketones is 1. The predicted octanol–water partition coefficient (Wildman–Crippen LogP) is 4.00. The second kappa shape index (κ2) is 6.02. The fourth-order valence-electron chi connectivity index (χ4n) is 2.22. The fraction of sp³-hybridized carbons (Fsp3) is 0.0625. The molecule has 0 fully saturated rings. The number of carbonyl (C=O) groups excluding carboxylic acids is 2. The number of nitrogens with one attached hydrogen (secondary N) is 2. The number of Topliss-reactive ketones (excluding diaryl/α,β-unsaturated/α-hetero) is 1. The van der Waals surface area contributed by atoms with E-state index in [-0.39, 0.29) is 5.56 Å². The van der Waals surface area contributed by atoms with Crippen LogP contribution in [0.15, 0.2) is 36.4 Å². The van der Waals surface area contributed by atoms with Gasteiger partial charge in [0, 0.05) is 21.3 Å². The number of aryl methyl sites for hydroxylation is 1. The quantitative estimate of drug-likeness (QED) is 0.555. The first kappa shape index (κ1) is 15.5. The Bertz CT molecular complexity index is 914. The molecule has 2 aromatic carbocycles. The number of H-pyrrole nitrogens is 1. The van der Waals surface area contributed by atoms with Gasteiger partial charge in [-0.25, -0.2) is 4.98 Å². The van der Waals surface area contributed by atoms with Gasteiger partial charge in [0.2, 0.25) is 0 Å². The van der Waals surface area contributed by atoms with Gasteiger partial charge in [-0.2, -0.15) is 0 Å². The molecule has 0 atom stereocenters. The summed E-state index contributed by atoms with van der Waals surface area (Å²) in [4.78, 5) is 31.6. The third-order valence-corrected chi connectivity index (χ3v) is 3.63. The lowest BCUT2D eigenvalue weighted by molar-refractivity contribution is -0.112. The highest BCUT2D eigenvalue weighted by Gasteiger charge is 2.18. The van der Waals surface area contributed by atoms with E-state index in [0.29, 0.717) is 15.7 Å². The molecule has 5 nitrogen and oxygen atoms in total. The van der Waals surface area contributed by atoms with Crippen molar-refractivity contribution >= 4 is 51.6 Å². The van der Waals surface area contributed by atoms with E-state index in [1.165, 1.54) is 18.2 Å². The Morgan fingerprint density at radius 2 is 1.78 bits per heavy atom. The van der Waals surface area contributed by atoms with Crippen molar-refractivity contribution in [2.45, 2.75) is 6.92 Å². The molecule has 0 bridgehead atoms. The van der Waals surface area contributed by atoms with Gasteiger partial charge in [-0.15, -0.1) is 0 Å². The maximum Gasteiger partial charge on any atom is 0.296 e. The first-order valence-corrected chi connectivity index (χ1v) is 7.46. The lowest BCUT2D eigenvalue weighted by Crippen LogP contribution is -2.22. The Kier molecular flexibility index (Phi) is 4.07. The highest BCUT2D eigenvalue weighted by Crippen LogP contribution is 2.21. The van der Waals surface area contributed by atoms with Gasteiger partial charge in [0.05, 0.1) is 11.0 Å². The van der Waals surface area contributed by atoms with Crippen molar-refractivity contribution < 1.29 is 9.59 Å². The molecule has 0 unspecified atom stereocenters. The maximum absolute atomic E-state index is 12.2. The fourth-order valence-corrected chi connectivity index (χ4v) is 2.74. The number of benzene rings is 2. The summed E-state index contributed by atoms with van der Waals surface area (Å²) in [7, 11) is 0. The molecule has 3 rings (SSSR count). The van der Waals surface area contributed by atoms with Gasteiger partial charge in [0.25, 0.3) is 11.7 Å². The standard InChI is InChI=1S/C16H11Cl2N3O2/c1-8-19-13-3-2-12(7-14(13)20-8)21-16(23)15(22)9-4-10(17)6-11(18)5-9/h2-7H,1H3,(H,19,20)(H,21,23). The van der Waals surface area contributed by atoms with Crippen LogP contribution < -0.4 is 5.32 Å². The number of carbonyl (C=O) groups is 2. The first-order valence-electron chi connectivity index (χ1n) is 6.70. The second-order valence-electron chi connectivity index (χ2n) is 5.00. The first-order chi connectivity index (χ1) is 10.9. The molecule has 3 aromatic rings. The summed E-state index contributed by atoms with van der Waals surface area (Å²) in [6.45, 7) is 1.84. The summed E-state index contributed by atoms with van der Waals surface area (Å²) in [5.74, 6) is -0.706. The van der Waals surface area contributed by atoms with Crippen molar-refractivity contribution in [3.63, 3.8) is 0 Å². The smallest absolute Gasteiger partial charge is 0.296 e. The van der Waals surface area contributed by atoms with E-state index >= 15 is 0 Å². The van der Waals surface area contributed by atoms with Crippen molar-refractivity contribution in [2.75, 3.05) is 5.32 Å². The van der Waals surface area contributed by atoms with Crippen LogP contribution in [0.5, 0.6) is 0 Å². The summed E-state index contributed by atoms with van der Waals surface area (Å²) in [5.41, 5.74) is 2.19. The Labute approximate surface area is 141 Å². The summed E-state index contributed by atoms with van der Waals surface area (Å²) >= 11 is 11.7. The topological polar surface area (TPSA) is 74.8 Å². The monoisotopic (exact) mass is 347 g/mol. The van der Waals surface area contributed by atoms with Gasteiger partial charge in [-0.3, -0.25) is 9.59 Å². The predicted molar refractivity (Wildman–Crippen MR) is 90.3 cm³/mol. The number of aromatic amines is 1. The molecule has 0 radical (unpaired) electrons. The molecule has 7 heteroatoms. The summed E-state index contributed by atoms with van der Waals surface area (Å²) in [5, 5.41) is 3.15. The average molecular weight is 348 g/mol. The number of halogens is 2. The van der Waals surface area contributed by atoms with Crippen LogP contribution in [0.1, 0.15) is 16.2 Å². The highest BCUT2D eigenvalue weighted by molar-refractivity contribution is 6.47. The minimum absolute atomic E-state index is 0.137. The lowest BCUT2D eigenvalue weighted by Gasteiger charge is -2.05. The number of fused-ring (bicyclic) bond motifs is 1. The Morgan fingerprint density at radius 3 is 2.48 bits per heavy atom. The van der Waals surface area contributed by atoms with Crippen LogP contribution in [0.3, 0.4) is 0 Å². The number of rotatable bonds is 3. The van der Waals surface area contributed by atoms with Crippen molar-refractivity contribution in [1.29, 1.82) is 0 Å². The van der Waals surface area contributed by atoms with E-state index < -0.39 is 11.7 Å². The van der Waals surface area contributed by atoms with Crippen molar-refractivity contribution in [3.8, 4) is 0 Å². The van der Waals surface area contributed by atoms with Crippen molar-refractivity contribution in [1.82, 2.24) is 9.97 Å². The molecule has 1 aromatic heterocycles. The molecule has 23 heavy (non-hydrogen) atoms. The summed E-state index contributed by atoms with van der Waals surface area (Å²) in [6, 6.07) is 9.44. The SMILES string of the molecule is Cc1nc2ccc(NC(=O)C(=O)c3cc(Cl)cc(Cl)c3)cc2[nH]1. The Balaban J connectivity index is 1.83. The molecule has 0 saturated carbocycles. The van der Waals surface area contributed by atoms with Crippen molar-refractivity contribution in [2.24, 2.45) is 0 Å². The summed E-state index contributed by atoms with van der Waals surface area (Å²) < 4.78 is 0. The molecular formula is C16H11Cl2N3O2. The van der Waals surface area contributed by atoms with Crippen LogP contribution in [-0.2, 0) is 4.79 Å². The second-order valence-corrected chi connectivity index (χ2v) is 5.87. The molecule has 0 aliphatic heterocycles. The molecule has 116 valence electrons. The van der Waals surface area contributed by atoms with Gasteiger partial charge in [-0.05, 0) is 43.3 Å². The number of aromatic nitrogens is 2. The average Bonchev–Trinajstić information content (AvgIpc) is 2.84. The molecule has 0 aliphatic carbocycles. The van der Waals surface area contributed by atoms with E-state index in [1.54, 1.807) is 18.2 Å². The number of hydrogen-bond donors (Lipinski definition) is 2. The lowest BCUT2D eigenvalue weighted by atomic mass is 10.1. The van der Waals surface area contributed by atoms with E-state index in [9.17, 15) is 9.59 Å². The molecular weight excluding hydrogens is 337 g/mol. The molecule has 2 N–H and O–H groups in total. The maximum atomic E-state index is 12.2. The van der Waals surface area contributed by atoms with Crippen LogP contribution in [0.25, 0.3) is 11.0 Å². The number of amides is 1. The molecule has 1 heterocycles. The van der Waals surface area contributed by atoms with Gasteiger partial charge < -0.3 is 10.3 Å². The third kappa shape index (κ3) is 3.36. The van der Waals surface area contributed by atoms with Crippen LogP contribution >= 0.6 is 23.2 Å². The Hall–Kier alpha value is -2.37. The van der Waals surface area contributed by atoms with Gasteiger partial charge in [-0.1, -0.05) is 23.2 Å². The van der Waals surface area contributed by atoms with Crippen LogP contribution in [-0.4, -0.2) is 21.7 Å². The number of imidazole rings is 1. The minimum atomic E-state index is -0.765. The molecule has 1 amide bonds. The zero-order valence-corrected chi connectivity index (χ0v) is 13.5. The van der Waals surface area contributed by atoms with Crippen LogP contribution in [0.4, 0.5) is 5.69 Å². The van der Waals surface area contributed by atoms with E-state index in [4.69, 9.17) is 23.2 Å². The molecule has 0 saturated heterocycles. The number of hydrogen-bond acceptors (Lipinski definition) is 3. The Morgan fingerprint density at radius 1 is 1.09 bits per heavy atom. The van der Waals surface area contributed by atoms with E-state index in [1.807, 2.05) is 6.92 Å². The van der Waals surface area contributed by atoms with E-state index in [2.05, 4.69) is 15.3 Å². The number of anilines is 1. The van der Waals surface area contributed by atoms with E-state index in [0.717, 1.165) is 16.9 Å². The minimum Gasteiger partial charge on any atom is -0.342 e. The highest BCUT2D eigenvalue weighted by atomic mass is 35.5. The largest absolute Gasteiger partial charge is 0.342 e. The van der Waals surface area contributed by atoms with Gasteiger partial charge in [0.15, 0.2) is 0 Å². The molecule has 0 aliphatic rings. The van der Waals surface area contributed by atoms with Crippen molar-refractivity contribution in [3.05, 3.63) is 57.8 Å². The van der Waals surface area contributed by atoms with Gasteiger partial charge in [0.1, 0.15) is 5.82 Å². The zero-order chi connectivity index (χ0) is 16.6. The van der Waals surface area contributed by atoms with Crippen LogP contribution in [0.2, 0.25) is 10.0 Å². The number of nitrogens with zero attached hydrogens (tertiary/aromatic N) is 1. The van der Waals surface area contributed by atoms with Gasteiger partial charge >= 0.3 is 0 Å². The zero-order valence-electron chi connectivity index (χ0n) is 12.0. The summed E-state index contributed by atoms with van der Waals surface area (Å²) in [6.07, 6.45) is 0.